The minimum absolute atomic E-state index is 0.185. The number of aliphatic imine (C=N–C) groups is 1. The Morgan fingerprint density at radius 2 is 2.00 bits per heavy atom. The summed E-state index contributed by atoms with van der Waals surface area (Å²) in [5.74, 6) is 0. The molecular weight excluding hydrogens is 298 g/mol. The predicted octanol–water partition coefficient (Wildman–Crippen LogP) is 2.28. The lowest BCUT2D eigenvalue weighted by atomic mass is 10.2. The molecule has 3 rings (SSSR count). The molecule has 0 atom stereocenters. The number of aromatic nitrogens is 3. The van der Waals surface area contributed by atoms with Crippen LogP contribution in [0.1, 0.15) is 11.3 Å². The van der Waals surface area contributed by atoms with Crippen LogP contribution >= 0.6 is 11.3 Å². The highest BCUT2D eigenvalue weighted by molar-refractivity contribution is 7.20. The van der Waals surface area contributed by atoms with Gasteiger partial charge < -0.3 is 4.90 Å². The highest BCUT2D eigenvalue weighted by Crippen LogP contribution is 2.20. The van der Waals surface area contributed by atoms with Gasteiger partial charge in [-0.3, -0.25) is 4.79 Å². The summed E-state index contributed by atoms with van der Waals surface area (Å²) >= 11 is 1.29. The van der Waals surface area contributed by atoms with E-state index in [1.807, 2.05) is 43.3 Å². The normalized spacial score (nSPS) is 11.4. The van der Waals surface area contributed by atoms with Crippen LogP contribution in [0.4, 0.5) is 10.8 Å². The maximum Gasteiger partial charge on any atom is 0.275 e. The summed E-state index contributed by atoms with van der Waals surface area (Å²) in [6.07, 6.45) is 1.73. The van der Waals surface area contributed by atoms with Crippen LogP contribution in [0.3, 0.4) is 0 Å². The zero-order chi connectivity index (χ0) is 15.7. The first kappa shape index (κ1) is 14.4. The van der Waals surface area contributed by atoms with Gasteiger partial charge in [0, 0.05) is 37.8 Å². The van der Waals surface area contributed by atoms with Crippen LogP contribution in [0.5, 0.6) is 0 Å². The molecule has 7 heteroatoms. The molecule has 2 aromatic heterocycles. The number of rotatable bonds is 3. The average Bonchev–Trinajstić information content (AvgIpc) is 2.89. The van der Waals surface area contributed by atoms with Crippen molar-refractivity contribution in [1.82, 2.24) is 14.6 Å². The standard InChI is InChI=1S/C15H15N5OS/c1-10-8-13(21)20-15(17-10)22-14(18-20)16-9-11-4-6-12(7-5-11)19(2)3/h4-9H,1-3H3/b16-9+. The summed E-state index contributed by atoms with van der Waals surface area (Å²) in [6.45, 7) is 1.79. The number of nitrogens with zero attached hydrogens (tertiary/aromatic N) is 5. The molecule has 0 unspecified atom stereocenters. The lowest BCUT2D eigenvalue weighted by Crippen LogP contribution is -2.13. The SMILES string of the molecule is Cc1cc(=O)n2nc(/N=C/c3ccc(N(C)C)cc3)sc2n1. The third-order valence-corrected chi connectivity index (χ3v) is 3.91. The van der Waals surface area contributed by atoms with Crippen LogP contribution in [0.15, 0.2) is 40.1 Å². The Morgan fingerprint density at radius 1 is 1.27 bits per heavy atom. The summed E-state index contributed by atoms with van der Waals surface area (Å²) in [6, 6.07) is 9.48. The van der Waals surface area contributed by atoms with Crippen molar-refractivity contribution in [2.24, 2.45) is 4.99 Å². The molecule has 0 N–H and O–H groups in total. The first-order valence-corrected chi connectivity index (χ1v) is 7.53. The minimum atomic E-state index is -0.185. The second-order valence-corrected chi connectivity index (χ2v) is 5.99. The molecule has 1 aromatic carbocycles. The van der Waals surface area contributed by atoms with Gasteiger partial charge in [0.2, 0.25) is 10.1 Å². The van der Waals surface area contributed by atoms with Gasteiger partial charge in [0.05, 0.1) is 0 Å². The Labute approximate surface area is 131 Å². The molecule has 0 radical (unpaired) electrons. The van der Waals surface area contributed by atoms with Gasteiger partial charge in [-0.25, -0.2) is 9.98 Å². The summed E-state index contributed by atoms with van der Waals surface area (Å²) in [7, 11) is 3.99. The molecule has 0 aliphatic rings. The Bertz CT molecular complexity index is 892. The Morgan fingerprint density at radius 3 is 2.68 bits per heavy atom. The number of aryl methyl sites for hydroxylation is 1. The van der Waals surface area contributed by atoms with E-state index < -0.39 is 0 Å². The molecule has 3 aromatic rings. The second kappa shape index (κ2) is 5.69. The minimum Gasteiger partial charge on any atom is -0.378 e. The molecule has 0 saturated heterocycles. The fourth-order valence-corrected chi connectivity index (χ4v) is 2.75. The highest BCUT2D eigenvalue weighted by atomic mass is 32.1. The Kier molecular flexibility index (Phi) is 3.72. The zero-order valence-electron chi connectivity index (χ0n) is 12.5. The van der Waals surface area contributed by atoms with Crippen LogP contribution in [-0.2, 0) is 0 Å². The van der Waals surface area contributed by atoms with Crippen molar-refractivity contribution in [2.45, 2.75) is 6.92 Å². The summed E-state index contributed by atoms with van der Waals surface area (Å²) in [5.41, 5.74) is 2.60. The highest BCUT2D eigenvalue weighted by Gasteiger charge is 2.06. The molecule has 0 amide bonds. The van der Waals surface area contributed by atoms with Gasteiger partial charge in [-0.05, 0) is 24.6 Å². The smallest absolute Gasteiger partial charge is 0.275 e. The maximum absolute atomic E-state index is 11.8. The monoisotopic (exact) mass is 313 g/mol. The van der Waals surface area contributed by atoms with Crippen molar-refractivity contribution >= 4 is 33.3 Å². The van der Waals surface area contributed by atoms with E-state index in [0.717, 1.165) is 11.3 Å². The van der Waals surface area contributed by atoms with Crippen molar-refractivity contribution in [1.29, 1.82) is 0 Å². The Hall–Kier alpha value is -2.54. The van der Waals surface area contributed by atoms with Crippen LogP contribution < -0.4 is 10.5 Å². The number of anilines is 1. The lowest BCUT2D eigenvalue weighted by Gasteiger charge is -2.11. The fourth-order valence-electron chi connectivity index (χ4n) is 1.95. The molecule has 0 aliphatic carbocycles. The number of fused-ring (bicyclic) bond motifs is 1. The van der Waals surface area contributed by atoms with Gasteiger partial charge in [-0.1, -0.05) is 23.5 Å². The van der Waals surface area contributed by atoms with Gasteiger partial charge >= 0.3 is 0 Å². The summed E-state index contributed by atoms with van der Waals surface area (Å²) in [4.78, 5) is 23.0. The molecule has 0 spiro atoms. The number of hydrogen-bond donors (Lipinski definition) is 0. The molecule has 0 fully saturated rings. The third-order valence-electron chi connectivity index (χ3n) is 3.10. The van der Waals surface area contributed by atoms with E-state index in [0.29, 0.717) is 15.8 Å². The fraction of sp³-hybridized carbons (Fsp3) is 0.200. The molecule has 6 nitrogen and oxygen atoms in total. The van der Waals surface area contributed by atoms with E-state index in [2.05, 4.69) is 15.1 Å². The van der Waals surface area contributed by atoms with Crippen molar-refractivity contribution < 1.29 is 0 Å². The lowest BCUT2D eigenvalue weighted by molar-refractivity contribution is 0.890. The first-order chi connectivity index (χ1) is 10.5. The average molecular weight is 313 g/mol. The van der Waals surface area contributed by atoms with Gasteiger partial charge in [0.1, 0.15) is 0 Å². The van der Waals surface area contributed by atoms with Gasteiger partial charge in [0.25, 0.3) is 5.56 Å². The van der Waals surface area contributed by atoms with E-state index in [1.165, 1.54) is 21.9 Å². The molecule has 22 heavy (non-hydrogen) atoms. The molecular formula is C15H15N5OS. The molecule has 0 bridgehead atoms. The Balaban J connectivity index is 1.89. The van der Waals surface area contributed by atoms with Crippen LogP contribution in [0.2, 0.25) is 0 Å². The molecule has 0 saturated carbocycles. The summed E-state index contributed by atoms with van der Waals surface area (Å²) in [5, 5.41) is 4.67. The van der Waals surface area contributed by atoms with Crippen LogP contribution in [-0.4, -0.2) is 34.9 Å². The molecule has 0 aliphatic heterocycles. The van der Waals surface area contributed by atoms with Crippen LogP contribution in [0, 0.1) is 6.92 Å². The van der Waals surface area contributed by atoms with E-state index in [1.54, 1.807) is 13.1 Å². The largest absolute Gasteiger partial charge is 0.378 e. The second-order valence-electron chi connectivity index (χ2n) is 5.06. The topological polar surface area (TPSA) is 62.9 Å². The van der Waals surface area contributed by atoms with E-state index in [-0.39, 0.29) is 5.56 Å². The zero-order valence-corrected chi connectivity index (χ0v) is 13.3. The van der Waals surface area contributed by atoms with E-state index in [4.69, 9.17) is 0 Å². The molecule has 112 valence electrons. The van der Waals surface area contributed by atoms with Crippen molar-refractivity contribution in [3.8, 4) is 0 Å². The summed E-state index contributed by atoms with van der Waals surface area (Å²) < 4.78 is 1.28. The van der Waals surface area contributed by atoms with Gasteiger partial charge in [0.15, 0.2) is 0 Å². The maximum atomic E-state index is 11.8. The third kappa shape index (κ3) is 2.89. The quantitative estimate of drug-likeness (QED) is 0.696. The predicted molar refractivity (Wildman–Crippen MR) is 89.9 cm³/mol. The molecule has 2 heterocycles. The number of hydrogen-bond acceptors (Lipinski definition) is 6. The van der Waals surface area contributed by atoms with Crippen molar-refractivity contribution in [3.05, 3.63) is 51.9 Å². The number of benzene rings is 1. The first-order valence-electron chi connectivity index (χ1n) is 6.72. The van der Waals surface area contributed by atoms with Crippen LogP contribution in [0.25, 0.3) is 4.96 Å². The van der Waals surface area contributed by atoms with Crippen molar-refractivity contribution in [2.75, 3.05) is 19.0 Å². The van der Waals surface area contributed by atoms with Gasteiger partial charge in [-0.15, -0.1) is 5.10 Å². The van der Waals surface area contributed by atoms with E-state index in [9.17, 15) is 4.79 Å². The van der Waals surface area contributed by atoms with E-state index >= 15 is 0 Å². The van der Waals surface area contributed by atoms with Crippen molar-refractivity contribution in [3.63, 3.8) is 0 Å². The van der Waals surface area contributed by atoms with Gasteiger partial charge in [-0.2, -0.15) is 4.52 Å².